The third kappa shape index (κ3) is 6.30. The molecule has 0 bridgehead atoms. The Morgan fingerprint density at radius 3 is 0.625 bits per heavy atom. The van der Waals surface area contributed by atoms with E-state index in [9.17, 15) is 0 Å². The number of hydrogen-bond acceptors (Lipinski definition) is 0. The fraction of sp³-hybridized carbons (Fsp3) is 0.0625. The van der Waals surface area contributed by atoms with Crippen molar-refractivity contribution >= 4 is 36.5 Å². The van der Waals surface area contributed by atoms with Crippen molar-refractivity contribution in [2.75, 3.05) is 0 Å². The van der Waals surface area contributed by atoms with Crippen LogP contribution in [0.5, 0.6) is 0 Å². The predicted molar refractivity (Wildman–Crippen MR) is 142 cm³/mol. The summed E-state index contributed by atoms with van der Waals surface area (Å²) in [5, 5.41) is 0. The average Bonchev–Trinajstić information content (AvgIpc) is 2.83. The van der Waals surface area contributed by atoms with E-state index in [-0.39, 0.29) is 0 Å². The van der Waals surface area contributed by atoms with Gasteiger partial charge in [-0.05, 0) is 47.2 Å². The zero-order valence-corrected chi connectivity index (χ0v) is 18.7. The summed E-state index contributed by atoms with van der Waals surface area (Å²) in [7, 11) is 0. The fourth-order valence-electron chi connectivity index (χ4n) is 3.37. The molecule has 32 heavy (non-hydrogen) atoms. The summed E-state index contributed by atoms with van der Waals surface area (Å²) in [6.45, 7) is 4.22. The molecule has 0 N–H and O–H groups in total. The molecule has 0 atom stereocenters. The van der Waals surface area contributed by atoms with Crippen LogP contribution in [-0.4, -0.2) is 0 Å². The van der Waals surface area contributed by atoms with Crippen LogP contribution in [0.15, 0.2) is 97.1 Å². The molecule has 0 radical (unpaired) electrons. The van der Waals surface area contributed by atoms with E-state index in [1.807, 2.05) is 0 Å². The highest BCUT2D eigenvalue weighted by atomic mass is 14.0. The van der Waals surface area contributed by atoms with Crippen molar-refractivity contribution in [3.8, 4) is 0 Å². The SMILES string of the molecule is Cc1ccc(/C=C/c2ccc(/C=C/c3ccc(/C=C/c4ccc(C)cc4)cc3)cc2)cc1. The van der Waals surface area contributed by atoms with Gasteiger partial charge in [0, 0.05) is 0 Å². The van der Waals surface area contributed by atoms with Crippen LogP contribution in [0, 0.1) is 13.8 Å². The Hall–Kier alpha value is -3.90. The van der Waals surface area contributed by atoms with E-state index in [1.165, 1.54) is 44.5 Å². The van der Waals surface area contributed by atoms with Gasteiger partial charge in [0.15, 0.2) is 0 Å². The fourth-order valence-corrected chi connectivity index (χ4v) is 3.37. The van der Waals surface area contributed by atoms with Gasteiger partial charge >= 0.3 is 0 Å². The van der Waals surface area contributed by atoms with Crippen molar-refractivity contribution in [3.05, 3.63) is 142 Å². The Morgan fingerprint density at radius 2 is 0.438 bits per heavy atom. The first-order valence-corrected chi connectivity index (χ1v) is 11.0. The molecule has 0 fully saturated rings. The van der Waals surface area contributed by atoms with Crippen LogP contribution in [0.4, 0.5) is 0 Å². The van der Waals surface area contributed by atoms with Gasteiger partial charge in [-0.15, -0.1) is 0 Å². The molecule has 0 aliphatic rings. The quantitative estimate of drug-likeness (QED) is 0.278. The van der Waals surface area contributed by atoms with Gasteiger partial charge in [-0.2, -0.15) is 0 Å². The van der Waals surface area contributed by atoms with E-state index < -0.39 is 0 Å². The van der Waals surface area contributed by atoms with E-state index in [0.29, 0.717) is 0 Å². The summed E-state index contributed by atoms with van der Waals surface area (Å²) in [4.78, 5) is 0. The maximum absolute atomic E-state index is 2.16. The molecule has 4 rings (SSSR count). The first-order valence-electron chi connectivity index (χ1n) is 11.0. The maximum Gasteiger partial charge on any atom is -0.0256 e. The van der Waals surface area contributed by atoms with Gasteiger partial charge in [-0.1, -0.05) is 145 Å². The highest BCUT2D eigenvalue weighted by molar-refractivity contribution is 5.74. The summed E-state index contributed by atoms with van der Waals surface area (Å²) >= 11 is 0. The molecule has 156 valence electrons. The molecule has 0 nitrogen and oxygen atoms in total. The van der Waals surface area contributed by atoms with Crippen LogP contribution in [0.25, 0.3) is 36.5 Å². The minimum atomic E-state index is 1.20. The van der Waals surface area contributed by atoms with Crippen molar-refractivity contribution < 1.29 is 0 Å². The molecule has 4 aromatic carbocycles. The van der Waals surface area contributed by atoms with Crippen LogP contribution < -0.4 is 0 Å². The van der Waals surface area contributed by atoms with Crippen LogP contribution in [-0.2, 0) is 0 Å². The second-order valence-corrected chi connectivity index (χ2v) is 8.15. The molecule has 0 aliphatic carbocycles. The van der Waals surface area contributed by atoms with Crippen LogP contribution >= 0.6 is 0 Å². The van der Waals surface area contributed by atoms with Crippen molar-refractivity contribution in [1.29, 1.82) is 0 Å². The second kappa shape index (κ2) is 10.4. The van der Waals surface area contributed by atoms with Crippen LogP contribution in [0.1, 0.15) is 44.5 Å². The number of hydrogen-bond donors (Lipinski definition) is 0. The summed E-state index contributed by atoms with van der Waals surface area (Å²) in [5.74, 6) is 0. The molecular weight excluding hydrogens is 384 g/mol. The van der Waals surface area contributed by atoms with E-state index in [2.05, 4.69) is 147 Å². The monoisotopic (exact) mass is 412 g/mol. The average molecular weight is 413 g/mol. The van der Waals surface area contributed by atoms with E-state index in [4.69, 9.17) is 0 Å². The van der Waals surface area contributed by atoms with Gasteiger partial charge < -0.3 is 0 Å². The number of benzene rings is 4. The van der Waals surface area contributed by atoms with Gasteiger partial charge in [-0.3, -0.25) is 0 Å². The number of rotatable bonds is 6. The standard InChI is InChI=1S/C32H28/c1-25-3-7-27(8-4-25)11-13-29-15-19-31(20-16-29)23-24-32-21-17-30(18-22-32)14-12-28-9-5-26(2)6-10-28/h3-24H,1-2H3/b13-11+,14-12+,24-23+. The summed E-state index contributed by atoms with van der Waals surface area (Å²) in [6, 6.07) is 34.4. The highest BCUT2D eigenvalue weighted by Crippen LogP contribution is 2.15. The normalized spacial score (nSPS) is 11.7. The Labute approximate surface area is 191 Å². The van der Waals surface area contributed by atoms with Crippen molar-refractivity contribution in [1.82, 2.24) is 0 Å². The molecule has 0 saturated heterocycles. The molecule has 0 aliphatic heterocycles. The van der Waals surface area contributed by atoms with Crippen LogP contribution in [0.3, 0.4) is 0 Å². The minimum absolute atomic E-state index is 1.20. The Morgan fingerprint density at radius 1 is 0.281 bits per heavy atom. The lowest BCUT2D eigenvalue weighted by Crippen LogP contribution is -1.78. The van der Waals surface area contributed by atoms with Crippen molar-refractivity contribution in [2.24, 2.45) is 0 Å². The van der Waals surface area contributed by atoms with Crippen molar-refractivity contribution in [3.63, 3.8) is 0 Å². The molecule has 0 saturated carbocycles. The molecule has 0 heteroatoms. The van der Waals surface area contributed by atoms with E-state index in [1.54, 1.807) is 0 Å². The van der Waals surface area contributed by atoms with E-state index in [0.717, 1.165) is 0 Å². The lowest BCUT2D eigenvalue weighted by molar-refractivity contribution is 1.46. The van der Waals surface area contributed by atoms with Gasteiger partial charge in [0.25, 0.3) is 0 Å². The zero-order valence-electron chi connectivity index (χ0n) is 18.7. The molecular formula is C32H28. The summed E-state index contributed by atoms with van der Waals surface area (Å²) < 4.78 is 0. The van der Waals surface area contributed by atoms with Gasteiger partial charge in [0.2, 0.25) is 0 Å². The first-order chi connectivity index (χ1) is 15.6. The smallest absolute Gasteiger partial charge is 0.0256 e. The lowest BCUT2D eigenvalue weighted by atomic mass is 10.1. The molecule has 0 spiro atoms. The molecule has 4 aromatic rings. The maximum atomic E-state index is 2.16. The van der Waals surface area contributed by atoms with Crippen molar-refractivity contribution in [2.45, 2.75) is 13.8 Å². The van der Waals surface area contributed by atoms with Crippen LogP contribution in [0.2, 0.25) is 0 Å². The third-order valence-corrected chi connectivity index (χ3v) is 5.43. The zero-order chi connectivity index (χ0) is 22.2. The minimum Gasteiger partial charge on any atom is -0.0587 e. The molecule has 0 heterocycles. The largest absolute Gasteiger partial charge is 0.0587 e. The first kappa shape index (κ1) is 21.3. The van der Waals surface area contributed by atoms with Gasteiger partial charge in [-0.25, -0.2) is 0 Å². The lowest BCUT2D eigenvalue weighted by Gasteiger charge is -1.99. The third-order valence-electron chi connectivity index (χ3n) is 5.43. The highest BCUT2D eigenvalue weighted by Gasteiger charge is 1.93. The Bertz CT molecular complexity index is 1110. The van der Waals surface area contributed by atoms with E-state index >= 15 is 0 Å². The topological polar surface area (TPSA) is 0 Å². The summed E-state index contributed by atoms with van der Waals surface area (Å²) in [6.07, 6.45) is 12.9. The molecule has 0 aromatic heterocycles. The molecule has 0 unspecified atom stereocenters. The van der Waals surface area contributed by atoms with Gasteiger partial charge in [0.05, 0.1) is 0 Å². The Kier molecular flexibility index (Phi) is 6.94. The van der Waals surface area contributed by atoms with Gasteiger partial charge in [0.1, 0.15) is 0 Å². The number of aryl methyl sites for hydroxylation is 2. The molecule has 0 amide bonds. The summed E-state index contributed by atoms with van der Waals surface area (Å²) in [5.41, 5.74) is 9.80. The second-order valence-electron chi connectivity index (χ2n) is 8.15. The predicted octanol–water partition coefficient (Wildman–Crippen LogP) is 8.81. The Balaban J connectivity index is 1.35.